The Bertz CT molecular complexity index is 3590. The summed E-state index contributed by atoms with van der Waals surface area (Å²) in [5.74, 6) is 4.14. The van der Waals surface area contributed by atoms with E-state index in [-0.39, 0.29) is 34.1 Å². The van der Waals surface area contributed by atoms with E-state index >= 15 is 0 Å². The smallest absolute Gasteiger partial charge is 0.260 e. The number of aromatic hydroxyl groups is 1. The topological polar surface area (TPSA) is 69.4 Å². The van der Waals surface area contributed by atoms with Crippen molar-refractivity contribution in [2.75, 3.05) is 0 Å². The van der Waals surface area contributed by atoms with Gasteiger partial charge in [-0.1, -0.05) is 180 Å². The quantitative estimate of drug-likeness (QED) is 0.174. The summed E-state index contributed by atoms with van der Waals surface area (Å²) in [4.78, 5) is 11.2. The number of ether oxygens (including phenoxy) is 2. The van der Waals surface area contributed by atoms with Gasteiger partial charge in [0, 0.05) is 39.3 Å². The number of fused-ring (bicyclic) bond motifs is 6. The lowest BCUT2D eigenvalue weighted by Gasteiger charge is -2.33. The molecule has 0 fully saturated rings. The number of benzene rings is 7. The van der Waals surface area contributed by atoms with Gasteiger partial charge in [0.1, 0.15) is 34.3 Å². The summed E-state index contributed by atoms with van der Waals surface area (Å²) >= 11 is 0. The number of rotatable bonds is 5. The van der Waals surface area contributed by atoms with Gasteiger partial charge in [0.15, 0.2) is 5.75 Å². The molecule has 2 aliphatic rings. The zero-order chi connectivity index (χ0) is 49.9. The molecule has 0 atom stereocenters. The van der Waals surface area contributed by atoms with E-state index in [0.29, 0.717) is 5.75 Å². The molecule has 71 heavy (non-hydrogen) atoms. The summed E-state index contributed by atoms with van der Waals surface area (Å²) in [5.41, 5.74) is 15.8. The van der Waals surface area contributed by atoms with Gasteiger partial charge in [0.2, 0.25) is 0 Å². The second-order valence-electron chi connectivity index (χ2n) is 23.7. The van der Waals surface area contributed by atoms with Gasteiger partial charge < -0.3 is 14.6 Å². The number of para-hydroxylation sites is 2. The van der Waals surface area contributed by atoms with Crippen molar-refractivity contribution in [1.82, 2.24) is 14.5 Å². The summed E-state index contributed by atoms with van der Waals surface area (Å²) < 4.78 is 16.3. The standard InChI is InChI=1S/C64H62BN3O3/c1-61(2,3)41-29-30-51(44(32-41)38-21-14-13-15-22-38)68-52-37-55-56-59(71-54-28-19-17-26-48(54)65(56)47-25-16-18-27-53(47)70-55)57(52)67-60(68)40-24-20-23-39(31-40)49-35-43(63(7,8)9)36-50(66-49)45-33-42(62(4,5)6)34-46(58(45)69)64(10,11)12/h13-37,69H,1-12H3. The predicted octanol–water partition coefficient (Wildman–Crippen LogP) is 14.7. The van der Waals surface area contributed by atoms with E-state index in [9.17, 15) is 5.11 Å². The zero-order valence-electron chi connectivity index (χ0n) is 43.1. The summed E-state index contributed by atoms with van der Waals surface area (Å²) in [6, 6.07) is 53.6. The van der Waals surface area contributed by atoms with Gasteiger partial charge in [-0.3, -0.25) is 4.57 Å². The molecule has 6 nitrogen and oxygen atoms in total. The molecule has 4 heterocycles. The minimum absolute atomic E-state index is 0.0937. The SMILES string of the molecule is CC(C)(C)c1cc(-c2cccc(-c3nc4c5c6c(cc4n3-c3ccc(C(C)(C)C)cc3-c3ccccc3)Oc3ccccc3B6c3ccccc3O5)c2)nc(-c2cc(C(C)(C)C)cc(C(C)(C)C)c2O)c1. The molecule has 354 valence electrons. The Balaban J connectivity index is 1.18. The number of imidazole rings is 1. The molecule has 7 heteroatoms. The number of pyridine rings is 1. The Labute approximate surface area is 419 Å². The first-order valence-electron chi connectivity index (χ1n) is 25.0. The highest BCUT2D eigenvalue weighted by Crippen LogP contribution is 2.46. The lowest BCUT2D eigenvalue weighted by Crippen LogP contribution is -2.57. The van der Waals surface area contributed by atoms with Gasteiger partial charge in [-0.25, -0.2) is 9.97 Å². The minimum atomic E-state index is -0.291. The Hall–Kier alpha value is -7.38. The van der Waals surface area contributed by atoms with Crippen molar-refractivity contribution in [3.05, 3.63) is 174 Å². The molecular formula is C64H62BN3O3. The van der Waals surface area contributed by atoms with Crippen LogP contribution in [0.15, 0.2) is 152 Å². The van der Waals surface area contributed by atoms with Gasteiger partial charge in [-0.2, -0.15) is 0 Å². The predicted molar refractivity (Wildman–Crippen MR) is 295 cm³/mol. The number of hydrogen-bond donors (Lipinski definition) is 1. The molecule has 0 amide bonds. The number of hydrogen-bond acceptors (Lipinski definition) is 5. The van der Waals surface area contributed by atoms with Crippen LogP contribution in [0.5, 0.6) is 28.7 Å². The molecule has 9 aromatic rings. The first-order valence-corrected chi connectivity index (χ1v) is 25.0. The van der Waals surface area contributed by atoms with Crippen molar-refractivity contribution >= 4 is 34.1 Å². The maximum absolute atomic E-state index is 12.2. The number of nitrogens with zero attached hydrogens (tertiary/aromatic N) is 3. The number of phenols is 1. The van der Waals surface area contributed by atoms with Crippen molar-refractivity contribution < 1.29 is 14.6 Å². The molecule has 7 aromatic carbocycles. The highest BCUT2D eigenvalue weighted by atomic mass is 16.5. The van der Waals surface area contributed by atoms with Gasteiger partial charge in [-0.15, -0.1) is 0 Å². The highest BCUT2D eigenvalue weighted by molar-refractivity contribution is 6.98. The molecule has 0 unspecified atom stereocenters. The third-order valence-electron chi connectivity index (χ3n) is 14.4. The van der Waals surface area contributed by atoms with Gasteiger partial charge in [-0.05, 0) is 103 Å². The van der Waals surface area contributed by atoms with E-state index in [1.54, 1.807) is 0 Å². The van der Waals surface area contributed by atoms with Crippen LogP contribution in [0.2, 0.25) is 0 Å². The first-order chi connectivity index (χ1) is 33.6. The molecule has 11 rings (SSSR count). The third-order valence-corrected chi connectivity index (χ3v) is 14.4. The van der Waals surface area contributed by atoms with Crippen LogP contribution in [-0.4, -0.2) is 26.4 Å². The van der Waals surface area contributed by atoms with Crippen LogP contribution in [0.25, 0.3) is 61.8 Å². The Morgan fingerprint density at radius 1 is 0.465 bits per heavy atom. The van der Waals surface area contributed by atoms with E-state index in [2.05, 4.69) is 227 Å². The maximum Gasteiger partial charge on any atom is 0.260 e. The summed E-state index contributed by atoms with van der Waals surface area (Å²) in [6.45, 7) is 26.5. The molecule has 0 saturated heterocycles. The molecule has 2 aromatic heterocycles. The number of phenolic OH excluding ortho intramolecular Hbond substituents is 1. The van der Waals surface area contributed by atoms with E-state index in [0.717, 1.165) is 112 Å². The molecule has 0 radical (unpaired) electrons. The molecular weight excluding hydrogens is 870 g/mol. The fraction of sp³-hybridized carbons (Fsp3) is 0.250. The Kier molecular flexibility index (Phi) is 10.6. The second-order valence-corrected chi connectivity index (χ2v) is 23.7. The summed E-state index contributed by atoms with van der Waals surface area (Å²) in [6.07, 6.45) is 0. The average molecular weight is 932 g/mol. The van der Waals surface area contributed by atoms with Crippen molar-refractivity contribution in [1.29, 1.82) is 0 Å². The van der Waals surface area contributed by atoms with Crippen LogP contribution in [-0.2, 0) is 21.7 Å². The number of aromatic nitrogens is 3. The van der Waals surface area contributed by atoms with Crippen LogP contribution in [0.1, 0.15) is 105 Å². The fourth-order valence-electron chi connectivity index (χ4n) is 10.4. The van der Waals surface area contributed by atoms with Crippen molar-refractivity contribution in [3.63, 3.8) is 0 Å². The Morgan fingerprint density at radius 2 is 1.04 bits per heavy atom. The zero-order valence-corrected chi connectivity index (χ0v) is 43.1. The minimum Gasteiger partial charge on any atom is -0.507 e. The Morgan fingerprint density at radius 3 is 1.70 bits per heavy atom. The first kappa shape index (κ1) is 46.0. The highest BCUT2D eigenvalue weighted by Gasteiger charge is 2.42. The van der Waals surface area contributed by atoms with Gasteiger partial charge in [0.25, 0.3) is 6.71 Å². The largest absolute Gasteiger partial charge is 0.507 e. The lowest BCUT2D eigenvalue weighted by atomic mass is 9.35. The molecule has 0 bridgehead atoms. The molecule has 1 N–H and O–H groups in total. The normalized spacial score (nSPS) is 13.3. The summed E-state index contributed by atoms with van der Waals surface area (Å²) in [5, 5.41) is 12.2. The van der Waals surface area contributed by atoms with Crippen LogP contribution < -0.4 is 25.9 Å². The van der Waals surface area contributed by atoms with Crippen LogP contribution in [0.4, 0.5) is 0 Å². The lowest BCUT2D eigenvalue weighted by molar-refractivity contribution is 0.446. The van der Waals surface area contributed by atoms with E-state index in [4.69, 9.17) is 19.4 Å². The monoisotopic (exact) mass is 931 g/mol. The van der Waals surface area contributed by atoms with Crippen molar-refractivity contribution in [2.45, 2.75) is 105 Å². The second kappa shape index (κ2) is 16.3. The van der Waals surface area contributed by atoms with Crippen LogP contribution in [0.3, 0.4) is 0 Å². The van der Waals surface area contributed by atoms with E-state index in [1.165, 1.54) is 5.56 Å². The van der Waals surface area contributed by atoms with Crippen molar-refractivity contribution in [3.8, 4) is 79.5 Å². The van der Waals surface area contributed by atoms with Gasteiger partial charge in [0.05, 0.1) is 22.6 Å². The molecule has 2 aliphatic heterocycles. The van der Waals surface area contributed by atoms with Gasteiger partial charge >= 0.3 is 0 Å². The summed E-state index contributed by atoms with van der Waals surface area (Å²) in [7, 11) is 0. The van der Waals surface area contributed by atoms with Crippen molar-refractivity contribution in [2.24, 2.45) is 0 Å². The van der Waals surface area contributed by atoms with Crippen LogP contribution >= 0.6 is 0 Å². The van der Waals surface area contributed by atoms with E-state index in [1.807, 2.05) is 12.1 Å². The molecule has 0 saturated carbocycles. The average Bonchev–Trinajstić information content (AvgIpc) is 3.72. The fourth-order valence-corrected chi connectivity index (χ4v) is 10.4. The van der Waals surface area contributed by atoms with Crippen LogP contribution in [0, 0.1) is 0 Å². The third kappa shape index (κ3) is 8.00. The maximum atomic E-state index is 12.2. The molecule has 0 aliphatic carbocycles. The molecule has 0 spiro atoms. The van der Waals surface area contributed by atoms with E-state index < -0.39 is 0 Å².